The van der Waals surface area contributed by atoms with Crippen LogP contribution in [-0.2, 0) is 19.1 Å². The summed E-state index contributed by atoms with van der Waals surface area (Å²) >= 11 is 0. The zero-order chi connectivity index (χ0) is 22.7. The van der Waals surface area contributed by atoms with E-state index in [1.54, 1.807) is 0 Å². The normalized spacial score (nSPS) is 12.8. The molecule has 168 valence electrons. The van der Waals surface area contributed by atoms with E-state index in [0.717, 1.165) is 30.9 Å². The summed E-state index contributed by atoms with van der Waals surface area (Å²) in [5.74, 6) is 0. The highest BCUT2D eigenvalue weighted by atomic mass is 19.4. The molecule has 5 heteroatoms. The Balaban J connectivity index is 2.08. The van der Waals surface area contributed by atoms with Crippen molar-refractivity contribution >= 4 is 0 Å². The molecule has 0 spiro atoms. The lowest BCUT2D eigenvalue weighted by molar-refractivity contribution is -0.141. The number of unbranched alkanes of at least 4 members (excludes halogenated alkanes) is 4. The summed E-state index contributed by atoms with van der Waals surface area (Å²) in [6.45, 7) is 8.40. The maximum Gasteiger partial charge on any atom is 0.433 e. The number of allylic oxidation sites excluding steroid dienone is 2. The van der Waals surface area contributed by atoms with Crippen LogP contribution in [0.4, 0.5) is 13.2 Å². The summed E-state index contributed by atoms with van der Waals surface area (Å²) in [5, 5.41) is 0. The largest absolute Gasteiger partial charge is 0.433 e. The molecule has 1 heterocycles. The molecule has 2 rings (SSSR count). The van der Waals surface area contributed by atoms with Crippen molar-refractivity contribution in [2.75, 3.05) is 0 Å². The SMILES string of the molecule is C=CCCCCCCc1ccccc1CN(/C=C\C)C(C)c1ccc(C(F)(F)F)nc1. The van der Waals surface area contributed by atoms with Crippen LogP contribution in [0.3, 0.4) is 0 Å². The van der Waals surface area contributed by atoms with Gasteiger partial charge in [-0.2, -0.15) is 13.2 Å². The van der Waals surface area contributed by atoms with Gasteiger partial charge in [-0.3, -0.25) is 4.98 Å². The van der Waals surface area contributed by atoms with Crippen LogP contribution in [0.2, 0.25) is 0 Å². The van der Waals surface area contributed by atoms with Gasteiger partial charge in [0.15, 0.2) is 0 Å². The van der Waals surface area contributed by atoms with Crippen molar-refractivity contribution in [2.45, 2.75) is 71.1 Å². The second kappa shape index (κ2) is 12.3. The molecular formula is C26H33F3N2. The van der Waals surface area contributed by atoms with Gasteiger partial charge in [-0.1, -0.05) is 55.3 Å². The molecule has 0 saturated heterocycles. The van der Waals surface area contributed by atoms with Gasteiger partial charge in [0.25, 0.3) is 0 Å². The van der Waals surface area contributed by atoms with Crippen molar-refractivity contribution < 1.29 is 13.2 Å². The molecular weight excluding hydrogens is 397 g/mol. The fourth-order valence-electron chi connectivity index (χ4n) is 3.63. The molecule has 1 unspecified atom stereocenters. The summed E-state index contributed by atoms with van der Waals surface area (Å²) in [6, 6.07) is 10.9. The fourth-order valence-corrected chi connectivity index (χ4v) is 3.63. The number of aromatic nitrogens is 1. The zero-order valence-corrected chi connectivity index (χ0v) is 18.5. The van der Waals surface area contributed by atoms with Crippen molar-refractivity contribution in [1.82, 2.24) is 9.88 Å². The average Bonchev–Trinajstić information content (AvgIpc) is 2.76. The van der Waals surface area contributed by atoms with Gasteiger partial charge >= 0.3 is 6.18 Å². The van der Waals surface area contributed by atoms with Crippen LogP contribution in [0.15, 0.2) is 67.5 Å². The van der Waals surface area contributed by atoms with Crippen LogP contribution in [-0.4, -0.2) is 9.88 Å². The first-order valence-electron chi connectivity index (χ1n) is 11.0. The summed E-state index contributed by atoms with van der Waals surface area (Å²) in [7, 11) is 0. The Kier molecular flexibility index (Phi) is 9.83. The average molecular weight is 431 g/mol. The minimum Gasteiger partial charge on any atom is -0.367 e. The highest BCUT2D eigenvalue weighted by Crippen LogP contribution is 2.29. The molecule has 0 radical (unpaired) electrons. The third-order valence-corrected chi connectivity index (χ3v) is 5.47. The van der Waals surface area contributed by atoms with E-state index in [1.807, 2.05) is 38.3 Å². The molecule has 1 aromatic heterocycles. The van der Waals surface area contributed by atoms with Crippen LogP contribution in [0.25, 0.3) is 0 Å². The van der Waals surface area contributed by atoms with Gasteiger partial charge in [0.05, 0.1) is 6.04 Å². The molecule has 0 fully saturated rings. The van der Waals surface area contributed by atoms with Crippen molar-refractivity contribution in [2.24, 2.45) is 0 Å². The molecule has 0 amide bonds. The monoisotopic (exact) mass is 430 g/mol. The van der Waals surface area contributed by atoms with Crippen molar-refractivity contribution in [1.29, 1.82) is 0 Å². The lowest BCUT2D eigenvalue weighted by Crippen LogP contribution is -2.22. The Labute approximate surface area is 184 Å². The molecule has 1 atom stereocenters. The lowest BCUT2D eigenvalue weighted by atomic mass is 9.99. The Morgan fingerprint density at radius 1 is 1.03 bits per heavy atom. The van der Waals surface area contributed by atoms with Crippen molar-refractivity contribution in [3.63, 3.8) is 0 Å². The van der Waals surface area contributed by atoms with Gasteiger partial charge < -0.3 is 4.90 Å². The number of rotatable bonds is 12. The van der Waals surface area contributed by atoms with E-state index >= 15 is 0 Å². The predicted octanol–water partition coefficient (Wildman–Crippen LogP) is 7.88. The second-order valence-electron chi connectivity index (χ2n) is 7.82. The lowest BCUT2D eigenvalue weighted by Gasteiger charge is -2.29. The van der Waals surface area contributed by atoms with Crippen LogP contribution in [0, 0.1) is 0 Å². The number of nitrogens with zero attached hydrogens (tertiary/aromatic N) is 2. The standard InChI is InChI=1S/C26H33F3N2/c1-4-6-7-8-9-10-13-22-14-11-12-15-24(22)20-31(18-5-2)21(3)23-16-17-25(30-19-23)26(27,28)29/h4-5,11-12,14-19,21H,1,6-10,13,20H2,2-3H3/b18-5-. The van der Waals surface area contributed by atoms with Gasteiger partial charge in [0.1, 0.15) is 5.69 Å². The summed E-state index contributed by atoms with van der Waals surface area (Å²) < 4.78 is 38.5. The third kappa shape index (κ3) is 7.89. The minimum atomic E-state index is -4.42. The van der Waals surface area contributed by atoms with E-state index in [4.69, 9.17) is 0 Å². The van der Waals surface area contributed by atoms with Gasteiger partial charge in [-0.15, -0.1) is 6.58 Å². The smallest absolute Gasteiger partial charge is 0.367 e. The highest BCUT2D eigenvalue weighted by Gasteiger charge is 2.32. The first-order chi connectivity index (χ1) is 14.9. The Morgan fingerprint density at radius 2 is 1.74 bits per heavy atom. The third-order valence-electron chi connectivity index (χ3n) is 5.47. The molecule has 0 bridgehead atoms. The van der Waals surface area contributed by atoms with Gasteiger partial charge in [-0.25, -0.2) is 0 Å². The highest BCUT2D eigenvalue weighted by molar-refractivity contribution is 5.28. The number of alkyl halides is 3. The molecule has 0 aliphatic rings. The van der Waals surface area contributed by atoms with E-state index in [9.17, 15) is 13.2 Å². The number of benzene rings is 1. The molecule has 0 saturated carbocycles. The van der Waals surface area contributed by atoms with E-state index in [1.165, 1.54) is 42.7 Å². The van der Waals surface area contributed by atoms with E-state index in [0.29, 0.717) is 6.54 Å². The maximum absolute atomic E-state index is 12.8. The Hall–Kier alpha value is -2.56. The molecule has 2 aromatic rings. The van der Waals surface area contributed by atoms with E-state index in [2.05, 4.69) is 34.7 Å². The number of aryl methyl sites for hydroxylation is 1. The minimum absolute atomic E-state index is 0.0991. The topological polar surface area (TPSA) is 16.1 Å². The van der Waals surface area contributed by atoms with Crippen molar-refractivity contribution in [3.8, 4) is 0 Å². The van der Waals surface area contributed by atoms with Crippen LogP contribution >= 0.6 is 0 Å². The second-order valence-corrected chi connectivity index (χ2v) is 7.82. The fraction of sp³-hybridized carbons (Fsp3) is 0.423. The first-order valence-corrected chi connectivity index (χ1v) is 11.0. The molecule has 0 aliphatic heterocycles. The summed E-state index contributed by atoms with van der Waals surface area (Å²) in [4.78, 5) is 5.77. The van der Waals surface area contributed by atoms with Gasteiger partial charge in [0.2, 0.25) is 0 Å². The first kappa shape index (κ1) is 24.7. The number of hydrogen-bond donors (Lipinski definition) is 0. The van der Waals surface area contributed by atoms with E-state index in [-0.39, 0.29) is 6.04 Å². The predicted molar refractivity (Wildman–Crippen MR) is 121 cm³/mol. The van der Waals surface area contributed by atoms with Gasteiger partial charge in [0, 0.05) is 12.7 Å². The zero-order valence-electron chi connectivity index (χ0n) is 18.5. The Morgan fingerprint density at radius 3 is 2.35 bits per heavy atom. The molecule has 1 aromatic carbocycles. The summed E-state index contributed by atoms with van der Waals surface area (Å²) in [5.41, 5.74) is 2.47. The summed E-state index contributed by atoms with van der Waals surface area (Å²) in [6.07, 6.45) is 9.70. The molecule has 2 nitrogen and oxygen atoms in total. The van der Waals surface area contributed by atoms with Gasteiger partial charge in [-0.05, 0) is 68.5 Å². The Bertz CT molecular complexity index is 825. The molecule has 31 heavy (non-hydrogen) atoms. The maximum atomic E-state index is 12.8. The van der Waals surface area contributed by atoms with Crippen LogP contribution in [0.1, 0.15) is 74.4 Å². The quantitative estimate of drug-likeness (QED) is 0.251. The van der Waals surface area contributed by atoms with Crippen molar-refractivity contribution in [3.05, 3.63) is 89.9 Å². The van der Waals surface area contributed by atoms with E-state index < -0.39 is 11.9 Å². The number of pyridine rings is 1. The number of hydrogen-bond acceptors (Lipinski definition) is 2. The number of halogens is 3. The molecule has 0 aliphatic carbocycles. The molecule has 0 N–H and O–H groups in total. The van der Waals surface area contributed by atoms with Crippen LogP contribution in [0.5, 0.6) is 0 Å². The van der Waals surface area contributed by atoms with Crippen LogP contribution < -0.4 is 0 Å².